The Morgan fingerprint density at radius 1 is 1.33 bits per heavy atom. The summed E-state index contributed by atoms with van der Waals surface area (Å²) in [5.41, 5.74) is 5.29. The second-order valence-electron chi connectivity index (χ2n) is 3.70. The fourth-order valence-electron chi connectivity index (χ4n) is 1.20. The van der Waals surface area contributed by atoms with Gasteiger partial charge in [-0.2, -0.15) is 0 Å². The van der Waals surface area contributed by atoms with Gasteiger partial charge < -0.3 is 21.1 Å². The van der Waals surface area contributed by atoms with E-state index in [1.54, 1.807) is 11.0 Å². The van der Waals surface area contributed by atoms with Gasteiger partial charge >= 0.3 is 0 Å². The molecule has 0 aliphatic carbocycles. The molecule has 0 fully saturated rings. The molecule has 5 nitrogen and oxygen atoms in total. The molecule has 0 aliphatic heterocycles. The Kier molecular flexibility index (Phi) is 7.54. The Morgan fingerprint density at radius 2 is 1.93 bits per heavy atom. The monoisotopic (exact) mass is 218 g/mol. The predicted octanol–water partition coefficient (Wildman–Crippen LogP) is -1.46. The van der Waals surface area contributed by atoms with Gasteiger partial charge in [0.25, 0.3) is 0 Å². The van der Waals surface area contributed by atoms with Gasteiger partial charge in [-0.05, 0) is 6.92 Å². The molecule has 0 saturated heterocycles. The largest absolute Gasteiger partial charge is 0.391 e. The molecule has 0 radical (unpaired) electrons. The average molecular weight is 218 g/mol. The van der Waals surface area contributed by atoms with Crippen LogP contribution in [-0.4, -0.2) is 64.7 Å². The molecule has 0 spiro atoms. The molecular formula is C10H22N2O3. The van der Waals surface area contributed by atoms with E-state index in [2.05, 4.69) is 6.58 Å². The van der Waals surface area contributed by atoms with Crippen LogP contribution in [0.15, 0.2) is 12.7 Å². The highest BCUT2D eigenvalue weighted by molar-refractivity contribution is 4.78. The van der Waals surface area contributed by atoms with Crippen LogP contribution < -0.4 is 5.73 Å². The molecule has 0 aromatic heterocycles. The highest BCUT2D eigenvalue weighted by Crippen LogP contribution is 1.99. The molecule has 0 bridgehead atoms. The molecule has 3 atom stereocenters. The average Bonchev–Trinajstić information content (AvgIpc) is 2.17. The molecule has 0 saturated carbocycles. The molecule has 0 rings (SSSR count). The fourth-order valence-corrected chi connectivity index (χ4v) is 1.20. The lowest BCUT2D eigenvalue weighted by atomic mass is 10.2. The normalized spacial score (nSPS) is 17.5. The van der Waals surface area contributed by atoms with Crippen molar-refractivity contribution in [3.63, 3.8) is 0 Å². The number of hydrogen-bond acceptors (Lipinski definition) is 5. The summed E-state index contributed by atoms with van der Waals surface area (Å²) < 4.78 is 0. The van der Waals surface area contributed by atoms with Crippen molar-refractivity contribution in [1.29, 1.82) is 0 Å². The Morgan fingerprint density at radius 3 is 2.33 bits per heavy atom. The maximum absolute atomic E-state index is 9.47. The molecule has 0 aliphatic rings. The SMILES string of the molecule is C=CCN(CC(O)CN)CC(O)C(C)O. The van der Waals surface area contributed by atoms with Crippen LogP contribution in [0.25, 0.3) is 0 Å². The van der Waals surface area contributed by atoms with E-state index in [0.717, 1.165) is 0 Å². The minimum atomic E-state index is -0.824. The van der Waals surface area contributed by atoms with Gasteiger partial charge in [0.05, 0.1) is 18.3 Å². The van der Waals surface area contributed by atoms with Crippen molar-refractivity contribution in [3.05, 3.63) is 12.7 Å². The first-order valence-electron chi connectivity index (χ1n) is 5.08. The van der Waals surface area contributed by atoms with Gasteiger partial charge in [0.2, 0.25) is 0 Å². The lowest BCUT2D eigenvalue weighted by Gasteiger charge is -2.26. The second kappa shape index (κ2) is 7.78. The molecule has 3 unspecified atom stereocenters. The fraction of sp³-hybridized carbons (Fsp3) is 0.800. The third kappa shape index (κ3) is 6.59. The van der Waals surface area contributed by atoms with Crippen LogP contribution in [-0.2, 0) is 0 Å². The summed E-state index contributed by atoms with van der Waals surface area (Å²) in [7, 11) is 0. The van der Waals surface area contributed by atoms with Crippen molar-refractivity contribution in [2.45, 2.75) is 25.2 Å². The first kappa shape index (κ1) is 14.5. The number of aliphatic hydroxyl groups is 3. The number of nitrogens with zero attached hydrogens (tertiary/aromatic N) is 1. The Hall–Kier alpha value is -0.460. The third-order valence-electron chi connectivity index (χ3n) is 2.13. The molecule has 0 aromatic carbocycles. The summed E-state index contributed by atoms with van der Waals surface area (Å²) in [6, 6.07) is 0. The van der Waals surface area contributed by atoms with Crippen LogP contribution in [0, 0.1) is 0 Å². The van der Waals surface area contributed by atoms with E-state index in [-0.39, 0.29) is 6.54 Å². The number of aliphatic hydroxyl groups excluding tert-OH is 3. The Labute approximate surface area is 90.8 Å². The molecule has 0 aromatic rings. The third-order valence-corrected chi connectivity index (χ3v) is 2.13. The smallest absolute Gasteiger partial charge is 0.0922 e. The number of hydrogen-bond donors (Lipinski definition) is 4. The van der Waals surface area contributed by atoms with E-state index >= 15 is 0 Å². The molecular weight excluding hydrogens is 196 g/mol. The second-order valence-corrected chi connectivity index (χ2v) is 3.70. The van der Waals surface area contributed by atoms with Crippen molar-refractivity contribution in [3.8, 4) is 0 Å². The van der Waals surface area contributed by atoms with Gasteiger partial charge in [0, 0.05) is 26.2 Å². The van der Waals surface area contributed by atoms with Gasteiger partial charge in [0.1, 0.15) is 0 Å². The summed E-state index contributed by atoms with van der Waals surface area (Å²) in [6.07, 6.45) is -0.550. The minimum absolute atomic E-state index is 0.179. The number of rotatable bonds is 8. The van der Waals surface area contributed by atoms with Gasteiger partial charge in [-0.15, -0.1) is 6.58 Å². The molecule has 0 amide bonds. The van der Waals surface area contributed by atoms with Crippen LogP contribution in [0.5, 0.6) is 0 Å². The van der Waals surface area contributed by atoms with Crippen LogP contribution >= 0.6 is 0 Å². The van der Waals surface area contributed by atoms with E-state index in [4.69, 9.17) is 10.8 Å². The molecule has 5 N–H and O–H groups in total. The van der Waals surface area contributed by atoms with Crippen molar-refractivity contribution in [2.75, 3.05) is 26.2 Å². The number of nitrogens with two attached hydrogens (primary N) is 1. The maximum Gasteiger partial charge on any atom is 0.0922 e. The van der Waals surface area contributed by atoms with E-state index < -0.39 is 18.3 Å². The zero-order valence-corrected chi connectivity index (χ0v) is 9.21. The van der Waals surface area contributed by atoms with Crippen LogP contribution in [0.3, 0.4) is 0 Å². The summed E-state index contributed by atoms with van der Waals surface area (Å²) in [5.74, 6) is 0. The van der Waals surface area contributed by atoms with Gasteiger partial charge in [-0.1, -0.05) is 6.08 Å². The topological polar surface area (TPSA) is 90.0 Å². The minimum Gasteiger partial charge on any atom is -0.391 e. The Bertz CT molecular complexity index is 176. The summed E-state index contributed by atoms with van der Waals surface area (Å²) in [5, 5.41) is 28.0. The molecule has 0 heterocycles. The van der Waals surface area contributed by atoms with Crippen LogP contribution in [0.4, 0.5) is 0 Å². The zero-order valence-electron chi connectivity index (χ0n) is 9.21. The zero-order chi connectivity index (χ0) is 11.8. The van der Waals surface area contributed by atoms with E-state index in [1.807, 2.05) is 0 Å². The quantitative estimate of drug-likeness (QED) is 0.374. The Balaban J connectivity index is 4.08. The lowest BCUT2D eigenvalue weighted by Crippen LogP contribution is -2.43. The van der Waals surface area contributed by atoms with E-state index in [0.29, 0.717) is 19.6 Å². The van der Waals surface area contributed by atoms with E-state index in [9.17, 15) is 10.2 Å². The highest BCUT2D eigenvalue weighted by atomic mass is 16.3. The summed E-state index contributed by atoms with van der Waals surface area (Å²) in [6.45, 7) is 6.49. The lowest BCUT2D eigenvalue weighted by molar-refractivity contribution is 0.00186. The van der Waals surface area contributed by atoms with Crippen molar-refractivity contribution < 1.29 is 15.3 Å². The highest BCUT2D eigenvalue weighted by Gasteiger charge is 2.17. The van der Waals surface area contributed by atoms with Gasteiger partial charge in [-0.25, -0.2) is 0 Å². The summed E-state index contributed by atoms with van der Waals surface area (Å²) >= 11 is 0. The predicted molar refractivity (Wildman–Crippen MR) is 59.4 cm³/mol. The van der Waals surface area contributed by atoms with Crippen molar-refractivity contribution >= 4 is 0 Å². The van der Waals surface area contributed by atoms with Crippen LogP contribution in [0.1, 0.15) is 6.92 Å². The summed E-state index contributed by atoms with van der Waals surface area (Å²) in [4.78, 5) is 1.79. The van der Waals surface area contributed by atoms with Crippen molar-refractivity contribution in [1.82, 2.24) is 4.90 Å². The standard InChI is InChI=1S/C10H22N2O3/c1-3-4-12(6-9(14)5-11)7-10(15)8(2)13/h3,8-10,13-15H,1,4-7,11H2,2H3. The van der Waals surface area contributed by atoms with Gasteiger partial charge in [0.15, 0.2) is 0 Å². The first-order valence-corrected chi connectivity index (χ1v) is 5.08. The first-order chi connectivity index (χ1) is 7.01. The van der Waals surface area contributed by atoms with Gasteiger partial charge in [-0.3, -0.25) is 4.90 Å². The maximum atomic E-state index is 9.47. The van der Waals surface area contributed by atoms with E-state index in [1.165, 1.54) is 6.92 Å². The molecule has 15 heavy (non-hydrogen) atoms. The van der Waals surface area contributed by atoms with Crippen molar-refractivity contribution in [2.24, 2.45) is 5.73 Å². The molecule has 5 heteroatoms. The molecule has 90 valence electrons. The van der Waals surface area contributed by atoms with Crippen LogP contribution in [0.2, 0.25) is 0 Å².